The van der Waals surface area contributed by atoms with Crippen LogP contribution in [0, 0.1) is 11.8 Å². The van der Waals surface area contributed by atoms with Gasteiger partial charge in [-0.05, 0) is 73.2 Å². The number of hydrogen-bond donors (Lipinski definition) is 2. The van der Waals surface area contributed by atoms with Gasteiger partial charge in [-0.15, -0.1) is 0 Å². The Balaban J connectivity index is 1.60. The Kier molecular flexibility index (Phi) is 7.69. The summed E-state index contributed by atoms with van der Waals surface area (Å²) >= 11 is 0. The zero-order valence-corrected chi connectivity index (χ0v) is 19.6. The lowest BCUT2D eigenvalue weighted by atomic mass is 10.0. The lowest BCUT2D eigenvalue weighted by molar-refractivity contribution is -0.116. The summed E-state index contributed by atoms with van der Waals surface area (Å²) in [6.45, 7) is 7.15. The Morgan fingerprint density at radius 1 is 0.938 bits per heavy atom. The van der Waals surface area contributed by atoms with Crippen LogP contribution in [0.4, 0.5) is 11.4 Å². The van der Waals surface area contributed by atoms with E-state index < -0.39 is 10.0 Å². The number of amides is 2. The van der Waals surface area contributed by atoms with Gasteiger partial charge in [0.15, 0.2) is 0 Å². The molecule has 0 saturated carbocycles. The van der Waals surface area contributed by atoms with Crippen LogP contribution in [0.1, 0.15) is 50.4 Å². The zero-order chi connectivity index (χ0) is 23.3. The standard InChI is InChI=1S/C24H31N3O4S/c1-17(2)16-23(28)25-20-6-8-21(9-7-20)26-24(29)19-4-10-22(11-5-19)32(30,31)27-14-12-18(3)13-15-27/h4-11,17-18H,12-16H2,1-3H3,(H,25,28)(H,26,29). The van der Waals surface area contributed by atoms with Crippen molar-refractivity contribution in [3.05, 3.63) is 54.1 Å². The van der Waals surface area contributed by atoms with E-state index in [1.165, 1.54) is 28.6 Å². The highest BCUT2D eigenvalue weighted by molar-refractivity contribution is 7.89. The van der Waals surface area contributed by atoms with Crippen molar-refractivity contribution in [2.75, 3.05) is 23.7 Å². The summed E-state index contributed by atoms with van der Waals surface area (Å²) in [6.07, 6.45) is 2.17. The van der Waals surface area contributed by atoms with Gasteiger partial charge in [0.2, 0.25) is 15.9 Å². The Labute approximate surface area is 190 Å². The third-order valence-electron chi connectivity index (χ3n) is 5.52. The van der Waals surface area contributed by atoms with Gasteiger partial charge in [-0.2, -0.15) is 4.31 Å². The van der Waals surface area contributed by atoms with Gasteiger partial charge in [0.1, 0.15) is 0 Å². The zero-order valence-electron chi connectivity index (χ0n) is 18.8. The number of sulfonamides is 1. The topological polar surface area (TPSA) is 95.6 Å². The highest BCUT2D eigenvalue weighted by atomic mass is 32.2. The van der Waals surface area contributed by atoms with Gasteiger partial charge in [0.25, 0.3) is 5.91 Å². The molecule has 2 amide bonds. The molecule has 3 rings (SSSR count). The maximum absolute atomic E-state index is 12.8. The van der Waals surface area contributed by atoms with Crippen LogP contribution in [0.5, 0.6) is 0 Å². The lowest BCUT2D eigenvalue weighted by Gasteiger charge is -2.29. The molecule has 2 aromatic carbocycles. The van der Waals surface area contributed by atoms with Crippen molar-refractivity contribution >= 4 is 33.2 Å². The molecule has 2 N–H and O–H groups in total. The van der Waals surface area contributed by atoms with Crippen LogP contribution in [0.2, 0.25) is 0 Å². The molecule has 8 heteroatoms. The molecule has 1 saturated heterocycles. The Hall–Kier alpha value is -2.71. The second kappa shape index (κ2) is 10.3. The van der Waals surface area contributed by atoms with Crippen LogP contribution in [0.3, 0.4) is 0 Å². The van der Waals surface area contributed by atoms with E-state index in [2.05, 4.69) is 17.6 Å². The average molecular weight is 458 g/mol. The molecule has 0 aliphatic carbocycles. The number of benzene rings is 2. The number of nitrogens with one attached hydrogen (secondary N) is 2. The van der Waals surface area contributed by atoms with Crippen LogP contribution in [0.25, 0.3) is 0 Å². The van der Waals surface area contributed by atoms with E-state index in [-0.39, 0.29) is 22.6 Å². The number of rotatable bonds is 7. The molecule has 1 aliphatic heterocycles. The summed E-state index contributed by atoms with van der Waals surface area (Å²) in [7, 11) is -3.54. The van der Waals surface area contributed by atoms with Gasteiger partial charge in [-0.1, -0.05) is 20.8 Å². The number of carbonyl (C=O) groups is 2. The molecule has 0 spiro atoms. The summed E-state index contributed by atoms with van der Waals surface area (Å²) in [5, 5.41) is 5.61. The molecule has 172 valence electrons. The van der Waals surface area contributed by atoms with Crippen molar-refractivity contribution in [3.8, 4) is 0 Å². The summed E-state index contributed by atoms with van der Waals surface area (Å²) in [5.74, 6) is 0.430. The molecule has 0 bridgehead atoms. The Morgan fingerprint density at radius 2 is 1.47 bits per heavy atom. The van der Waals surface area contributed by atoms with Crippen LogP contribution < -0.4 is 10.6 Å². The van der Waals surface area contributed by atoms with E-state index in [1.54, 1.807) is 24.3 Å². The molecule has 1 aliphatic rings. The predicted molar refractivity (Wildman–Crippen MR) is 126 cm³/mol. The van der Waals surface area contributed by atoms with E-state index in [9.17, 15) is 18.0 Å². The number of carbonyl (C=O) groups excluding carboxylic acids is 2. The first-order valence-corrected chi connectivity index (χ1v) is 12.4. The first-order chi connectivity index (χ1) is 15.1. The second-order valence-electron chi connectivity index (χ2n) is 8.79. The monoisotopic (exact) mass is 457 g/mol. The van der Waals surface area contributed by atoms with E-state index in [0.717, 1.165) is 12.8 Å². The van der Waals surface area contributed by atoms with Gasteiger partial charge < -0.3 is 10.6 Å². The van der Waals surface area contributed by atoms with Crippen molar-refractivity contribution in [1.29, 1.82) is 0 Å². The summed E-state index contributed by atoms with van der Waals surface area (Å²) in [4.78, 5) is 24.6. The molecule has 0 atom stereocenters. The molecule has 1 heterocycles. The van der Waals surface area contributed by atoms with E-state index in [0.29, 0.717) is 42.4 Å². The van der Waals surface area contributed by atoms with Crippen LogP contribution in [0.15, 0.2) is 53.4 Å². The van der Waals surface area contributed by atoms with E-state index >= 15 is 0 Å². The third kappa shape index (κ3) is 6.17. The first kappa shape index (κ1) is 23.9. The third-order valence-corrected chi connectivity index (χ3v) is 7.43. The van der Waals surface area contributed by atoms with Crippen molar-refractivity contribution in [2.24, 2.45) is 11.8 Å². The van der Waals surface area contributed by atoms with Crippen molar-refractivity contribution in [1.82, 2.24) is 4.31 Å². The smallest absolute Gasteiger partial charge is 0.255 e. The minimum absolute atomic E-state index is 0.0501. The highest BCUT2D eigenvalue weighted by Crippen LogP contribution is 2.24. The fourth-order valence-electron chi connectivity index (χ4n) is 3.58. The van der Waals surface area contributed by atoms with Gasteiger partial charge in [0.05, 0.1) is 4.90 Å². The summed E-state index contributed by atoms with van der Waals surface area (Å²) in [6, 6.07) is 12.9. The maximum atomic E-state index is 12.8. The van der Waals surface area contributed by atoms with Gasteiger partial charge in [-0.25, -0.2) is 8.42 Å². The van der Waals surface area contributed by atoms with Crippen molar-refractivity contribution < 1.29 is 18.0 Å². The van der Waals surface area contributed by atoms with Crippen LogP contribution in [-0.2, 0) is 14.8 Å². The number of piperidine rings is 1. The highest BCUT2D eigenvalue weighted by Gasteiger charge is 2.28. The number of anilines is 2. The van der Waals surface area contributed by atoms with E-state index in [4.69, 9.17) is 0 Å². The average Bonchev–Trinajstić information content (AvgIpc) is 2.75. The summed E-state index contributed by atoms with van der Waals surface area (Å²) in [5.41, 5.74) is 1.61. The van der Waals surface area contributed by atoms with Crippen molar-refractivity contribution in [3.63, 3.8) is 0 Å². The SMILES string of the molecule is CC(C)CC(=O)Nc1ccc(NC(=O)c2ccc(S(=O)(=O)N3CCC(C)CC3)cc2)cc1. The quantitative estimate of drug-likeness (QED) is 0.646. The summed E-state index contributed by atoms with van der Waals surface area (Å²) < 4.78 is 27.2. The van der Waals surface area contributed by atoms with Gasteiger partial charge >= 0.3 is 0 Å². The first-order valence-electron chi connectivity index (χ1n) is 11.0. The molecule has 1 fully saturated rings. The Morgan fingerprint density at radius 3 is 2.00 bits per heavy atom. The number of hydrogen-bond acceptors (Lipinski definition) is 4. The number of nitrogens with zero attached hydrogens (tertiary/aromatic N) is 1. The molecule has 0 radical (unpaired) electrons. The molecule has 7 nitrogen and oxygen atoms in total. The molecule has 2 aromatic rings. The van der Waals surface area contributed by atoms with Crippen LogP contribution >= 0.6 is 0 Å². The molecule has 0 unspecified atom stereocenters. The fourth-order valence-corrected chi connectivity index (χ4v) is 5.05. The van der Waals surface area contributed by atoms with Crippen molar-refractivity contribution in [2.45, 2.75) is 44.9 Å². The van der Waals surface area contributed by atoms with Gasteiger partial charge in [0, 0.05) is 36.4 Å². The fraction of sp³-hybridized carbons (Fsp3) is 0.417. The molecular formula is C24H31N3O4S. The molecule has 32 heavy (non-hydrogen) atoms. The minimum atomic E-state index is -3.54. The molecule has 0 aromatic heterocycles. The van der Waals surface area contributed by atoms with E-state index in [1.807, 2.05) is 13.8 Å². The minimum Gasteiger partial charge on any atom is -0.326 e. The lowest BCUT2D eigenvalue weighted by Crippen LogP contribution is -2.37. The van der Waals surface area contributed by atoms with Crippen LogP contribution in [-0.4, -0.2) is 37.6 Å². The normalized spacial score (nSPS) is 15.5. The second-order valence-corrected chi connectivity index (χ2v) is 10.7. The largest absolute Gasteiger partial charge is 0.326 e. The maximum Gasteiger partial charge on any atom is 0.255 e. The van der Waals surface area contributed by atoms with Gasteiger partial charge in [-0.3, -0.25) is 9.59 Å². The predicted octanol–water partition coefficient (Wildman–Crippen LogP) is 4.34. The Bertz CT molecular complexity index is 1040. The molecular weight excluding hydrogens is 426 g/mol.